The monoisotopic (exact) mass is 629 g/mol. The molecule has 0 aliphatic carbocycles. The van der Waals surface area contributed by atoms with Gasteiger partial charge in [-0.25, -0.2) is 15.0 Å². The van der Waals surface area contributed by atoms with Gasteiger partial charge < -0.3 is 24.6 Å². The smallest absolute Gasteiger partial charge is 0.258 e. The number of hydrogen-bond donors (Lipinski definition) is 2. The van der Waals surface area contributed by atoms with Crippen molar-refractivity contribution in [3.05, 3.63) is 53.9 Å². The molecule has 0 radical (unpaired) electrons. The molecule has 2 N–H and O–H groups in total. The number of rotatable bonds is 8. The quantitative estimate of drug-likeness (QED) is 0.299. The number of nitrogens with one attached hydrogen (secondary N) is 2. The van der Waals surface area contributed by atoms with E-state index >= 15 is 0 Å². The van der Waals surface area contributed by atoms with Crippen LogP contribution in [0.25, 0.3) is 27.2 Å². The number of anilines is 2. The van der Waals surface area contributed by atoms with Crippen LogP contribution in [-0.2, 0) is 19.1 Å². The first-order chi connectivity index (χ1) is 22.0. The average molecular weight is 630 g/mol. The Labute approximate surface area is 264 Å². The Morgan fingerprint density at radius 3 is 2.76 bits per heavy atom. The van der Waals surface area contributed by atoms with E-state index in [1.165, 1.54) is 0 Å². The number of ether oxygens (including phenoxy) is 2. The van der Waals surface area contributed by atoms with Gasteiger partial charge in [-0.2, -0.15) is 5.10 Å². The molecule has 6 heterocycles. The highest BCUT2D eigenvalue weighted by Gasteiger charge is 2.45. The molecule has 4 aromatic rings. The van der Waals surface area contributed by atoms with Crippen LogP contribution in [0.4, 0.5) is 11.5 Å². The van der Waals surface area contributed by atoms with Crippen molar-refractivity contribution in [2.45, 2.75) is 18.4 Å². The van der Waals surface area contributed by atoms with Gasteiger partial charge in [0.05, 0.1) is 30.2 Å². The number of morpholine rings is 1. The van der Waals surface area contributed by atoms with Crippen LogP contribution in [0.3, 0.4) is 0 Å². The average Bonchev–Trinajstić information content (AvgIpc) is 3.85. The standard InChI is InChI=1S/C31H35N9O4S/c1-43-31(30(42)35-22-3-4-24-23(17-22)28(37-36-24)40-13-15-44-16-14-40)7-12-38(20-31)19-26(41)39-10-5-21(6-11-39)29-34-18-25(45-29)27-32-8-2-9-33-27/h2-5,8-9,17-18H,6-7,10-16,19-20H2,1H3,(H,35,42)(H,36,37). The van der Waals surface area contributed by atoms with Gasteiger partial charge in [0.2, 0.25) is 5.91 Å². The van der Waals surface area contributed by atoms with Crippen molar-refractivity contribution >= 4 is 51.1 Å². The zero-order valence-electron chi connectivity index (χ0n) is 25.1. The van der Waals surface area contributed by atoms with Crippen molar-refractivity contribution in [1.82, 2.24) is 34.9 Å². The fraction of sp³-hybridized carbons (Fsp3) is 0.419. The predicted molar refractivity (Wildman–Crippen MR) is 171 cm³/mol. The minimum atomic E-state index is -1.04. The number of nitrogens with zero attached hydrogens (tertiary/aromatic N) is 7. The van der Waals surface area contributed by atoms with Crippen LogP contribution in [0.2, 0.25) is 0 Å². The largest absolute Gasteiger partial charge is 0.378 e. The van der Waals surface area contributed by atoms with E-state index in [0.717, 1.165) is 51.7 Å². The second-order valence-electron chi connectivity index (χ2n) is 11.4. The third-order valence-corrected chi connectivity index (χ3v) is 9.78. The van der Waals surface area contributed by atoms with Crippen LogP contribution in [-0.4, -0.2) is 119 Å². The first-order valence-corrected chi connectivity index (χ1v) is 15.9. The molecule has 2 saturated heterocycles. The third kappa shape index (κ3) is 6.06. The molecule has 1 atom stereocenters. The zero-order chi connectivity index (χ0) is 30.8. The molecule has 13 nitrogen and oxygen atoms in total. The summed E-state index contributed by atoms with van der Waals surface area (Å²) >= 11 is 1.56. The third-order valence-electron chi connectivity index (χ3n) is 8.71. The topological polar surface area (TPSA) is 142 Å². The van der Waals surface area contributed by atoms with Crippen LogP contribution in [0.1, 0.15) is 17.8 Å². The molecular formula is C31H35N9O4S. The maximum Gasteiger partial charge on any atom is 0.258 e. The molecular weight excluding hydrogens is 594 g/mol. The number of aromatic nitrogens is 5. The maximum atomic E-state index is 13.6. The van der Waals surface area contributed by atoms with E-state index in [9.17, 15) is 9.59 Å². The minimum Gasteiger partial charge on any atom is -0.378 e. The van der Waals surface area contributed by atoms with Crippen LogP contribution in [0, 0.1) is 0 Å². The first kappa shape index (κ1) is 29.5. The van der Waals surface area contributed by atoms with Crippen molar-refractivity contribution in [2.24, 2.45) is 0 Å². The van der Waals surface area contributed by atoms with E-state index < -0.39 is 5.60 Å². The maximum absolute atomic E-state index is 13.6. The Balaban J connectivity index is 0.954. The molecule has 14 heteroatoms. The molecule has 1 unspecified atom stereocenters. The fourth-order valence-corrected chi connectivity index (χ4v) is 7.04. The lowest BCUT2D eigenvalue weighted by atomic mass is 10.0. The molecule has 0 bridgehead atoms. The molecule has 3 aromatic heterocycles. The van der Waals surface area contributed by atoms with Gasteiger partial charge in [-0.15, -0.1) is 11.3 Å². The normalized spacial score (nSPS) is 20.9. The first-order valence-electron chi connectivity index (χ1n) is 15.1. The van der Waals surface area contributed by atoms with Crippen LogP contribution in [0.15, 0.2) is 48.9 Å². The molecule has 0 spiro atoms. The molecule has 234 valence electrons. The lowest BCUT2D eigenvalue weighted by molar-refractivity contribution is -0.138. The van der Waals surface area contributed by atoms with Gasteiger partial charge in [-0.05, 0) is 42.7 Å². The van der Waals surface area contributed by atoms with Gasteiger partial charge in [-0.1, -0.05) is 6.08 Å². The number of fused-ring (bicyclic) bond motifs is 1. The highest BCUT2D eigenvalue weighted by Crippen LogP contribution is 2.32. The van der Waals surface area contributed by atoms with Crippen molar-refractivity contribution in [3.8, 4) is 10.7 Å². The summed E-state index contributed by atoms with van der Waals surface area (Å²) in [5.41, 5.74) is 1.67. The van der Waals surface area contributed by atoms with Crippen molar-refractivity contribution in [1.29, 1.82) is 0 Å². The highest BCUT2D eigenvalue weighted by atomic mass is 32.1. The summed E-state index contributed by atoms with van der Waals surface area (Å²) in [7, 11) is 1.56. The second kappa shape index (κ2) is 12.6. The number of thiazole rings is 1. The van der Waals surface area contributed by atoms with Crippen molar-refractivity contribution in [3.63, 3.8) is 0 Å². The number of amides is 2. The van der Waals surface area contributed by atoms with Crippen molar-refractivity contribution in [2.75, 3.05) is 76.4 Å². The second-order valence-corrected chi connectivity index (χ2v) is 12.5. The van der Waals surface area contributed by atoms with E-state index in [1.54, 1.807) is 43.1 Å². The molecule has 2 fully saturated rings. The van der Waals surface area contributed by atoms with Crippen LogP contribution < -0.4 is 10.2 Å². The number of likely N-dealkylation sites (tertiary alicyclic amines) is 1. The fourth-order valence-electron chi connectivity index (χ4n) is 6.11. The Hall–Kier alpha value is -4.24. The number of methoxy groups -OCH3 is 1. The Kier molecular flexibility index (Phi) is 8.27. The molecule has 3 aliphatic heterocycles. The van der Waals surface area contributed by atoms with Gasteiger partial charge in [0.25, 0.3) is 5.91 Å². The van der Waals surface area contributed by atoms with Gasteiger partial charge >= 0.3 is 0 Å². The van der Waals surface area contributed by atoms with Gasteiger partial charge in [-0.3, -0.25) is 19.6 Å². The van der Waals surface area contributed by atoms with Crippen LogP contribution >= 0.6 is 11.3 Å². The summed E-state index contributed by atoms with van der Waals surface area (Å²) < 4.78 is 11.3. The minimum absolute atomic E-state index is 0.0381. The SMILES string of the molecule is COC1(C(=O)Nc2ccc3[nH]nc(N4CCOCC4)c3c2)CCN(CC(=O)N2CC=C(c3ncc(-c4ncccn4)s3)CC2)C1. The highest BCUT2D eigenvalue weighted by molar-refractivity contribution is 7.16. The lowest BCUT2D eigenvalue weighted by Gasteiger charge is -2.29. The summed E-state index contributed by atoms with van der Waals surface area (Å²) in [6.45, 7) is 5.17. The van der Waals surface area contributed by atoms with Crippen LogP contribution in [0.5, 0.6) is 0 Å². The zero-order valence-corrected chi connectivity index (χ0v) is 25.9. The lowest BCUT2D eigenvalue weighted by Crippen LogP contribution is -2.48. The van der Waals surface area contributed by atoms with E-state index in [2.05, 4.69) is 41.4 Å². The predicted octanol–water partition coefficient (Wildman–Crippen LogP) is 2.66. The van der Waals surface area contributed by atoms with Gasteiger partial charge in [0.15, 0.2) is 17.2 Å². The van der Waals surface area contributed by atoms with E-state index in [-0.39, 0.29) is 18.4 Å². The molecule has 7 rings (SSSR count). The number of H-pyrrole nitrogens is 1. The number of aromatic amines is 1. The molecule has 3 aliphatic rings. The van der Waals surface area contributed by atoms with E-state index in [1.807, 2.05) is 28.0 Å². The molecule has 1 aromatic carbocycles. The molecule has 45 heavy (non-hydrogen) atoms. The summed E-state index contributed by atoms with van der Waals surface area (Å²) in [6.07, 6.45) is 8.55. The summed E-state index contributed by atoms with van der Waals surface area (Å²) in [5.74, 6) is 1.34. The van der Waals surface area contributed by atoms with E-state index in [0.29, 0.717) is 57.3 Å². The summed E-state index contributed by atoms with van der Waals surface area (Å²) in [4.78, 5) is 47.0. The summed E-state index contributed by atoms with van der Waals surface area (Å²) in [6, 6.07) is 7.52. The number of carbonyl (C=O) groups is 2. The Morgan fingerprint density at radius 2 is 1.98 bits per heavy atom. The number of hydrogen-bond acceptors (Lipinski definition) is 11. The molecule has 2 amide bonds. The Morgan fingerprint density at radius 1 is 1.13 bits per heavy atom. The van der Waals surface area contributed by atoms with Gasteiger partial charge in [0.1, 0.15) is 5.01 Å². The number of benzene rings is 1. The molecule has 0 saturated carbocycles. The Bertz CT molecular complexity index is 1720. The summed E-state index contributed by atoms with van der Waals surface area (Å²) in [5, 5.41) is 12.5. The van der Waals surface area contributed by atoms with E-state index in [4.69, 9.17) is 9.47 Å². The van der Waals surface area contributed by atoms with Gasteiger partial charge in [0, 0.05) is 76.0 Å². The van der Waals surface area contributed by atoms with Crippen molar-refractivity contribution < 1.29 is 19.1 Å². The number of carbonyl (C=O) groups excluding carboxylic acids is 2.